The number of aromatic amines is 1. The van der Waals surface area contributed by atoms with Gasteiger partial charge < -0.3 is 14.8 Å². The van der Waals surface area contributed by atoms with Gasteiger partial charge in [0.15, 0.2) is 0 Å². The van der Waals surface area contributed by atoms with Crippen LogP contribution in [-0.2, 0) is 6.42 Å². The zero-order valence-electron chi connectivity index (χ0n) is 9.70. The number of aliphatic hydroxyl groups excluding tert-OH is 1. The fourth-order valence-corrected chi connectivity index (χ4v) is 2.41. The number of aliphatic hydroxyl groups is 1. The molecular weight excluding hydrogens is 320 g/mol. The first-order chi connectivity index (χ1) is 8.65. The third-order valence-electron chi connectivity index (χ3n) is 2.49. The summed E-state index contributed by atoms with van der Waals surface area (Å²) in [7, 11) is 1.59. The van der Waals surface area contributed by atoms with E-state index in [1.807, 2.05) is 12.1 Å². The van der Waals surface area contributed by atoms with Gasteiger partial charge in [-0.15, -0.1) is 0 Å². The molecule has 0 spiro atoms. The summed E-state index contributed by atoms with van der Waals surface area (Å²) in [5.41, 5.74) is 1.54. The van der Waals surface area contributed by atoms with Crippen LogP contribution in [-0.4, -0.2) is 28.8 Å². The van der Waals surface area contributed by atoms with Gasteiger partial charge in [-0.1, -0.05) is 11.6 Å². The second-order valence-electron chi connectivity index (χ2n) is 3.67. The zero-order chi connectivity index (χ0) is 13.1. The number of hydrogen-bond donors (Lipinski definition) is 2. The zero-order valence-corrected chi connectivity index (χ0v) is 12.0. The lowest BCUT2D eigenvalue weighted by atomic mass is 10.1. The van der Waals surface area contributed by atoms with Crippen LogP contribution in [0.15, 0.2) is 22.8 Å². The number of benzene rings is 1. The lowest BCUT2D eigenvalue weighted by Crippen LogP contribution is -1.92. The van der Waals surface area contributed by atoms with Crippen molar-refractivity contribution in [1.82, 2.24) is 9.97 Å². The van der Waals surface area contributed by atoms with Crippen molar-refractivity contribution in [3.8, 4) is 17.0 Å². The Morgan fingerprint density at radius 2 is 2.28 bits per heavy atom. The van der Waals surface area contributed by atoms with Gasteiger partial charge in [0.05, 0.1) is 18.7 Å². The molecule has 0 radical (unpaired) electrons. The lowest BCUT2D eigenvalue weighted by molar-refractivity contribution is 0.297. The number of hydrogen-bond acceptors (Lipinski definition) is 3. The Morgan fingerprint density at radius 3 is 2.89 bits per heavy atom. The first-order valence-corrected chi connectivity index (χ1v) is 6.52. The van der Waals surface area contributed by atoms with Crippen LogP contribution < -0.4 is 4.74 Å². The summed E-state index contributed by atoms with van der Waals surface area (Å²) in [5.74, 6) is 1.41. The Morgan fingerprint density at radius 1 is 1.50 bits per heavy atom. The Balaban J connectivity index is 2.41. The standard InChI is InChI=1S/C12H12BrClN2O2/c1-18-7-2-3-8(9(14)6-7)11-12(13)16-10(15-11)4-5-17/h2-3,6,17H,4-5H2,1H3,(H,15,16). The predicted octanol–water partition coefficient (Wildman–Crippen LogP) is 3.04. The molecule has 6 heteroatoms. The molecule has 0 aliphatic carbocycles. The maximum absolute atomic E-state index is 8.90. The van der Waals surface area contributed by atoms with Gasteiger partial charge in [0, 0.05) is 12.0 Å². The lowest BCUT2D eigenvalue weighted by Gasteiger charge is -2.04. The molecule has 2 aromatic rings. The molecule has 0 aliphatic heterocycles. The highest BCUT2D eigenvalue weighted by Gasteiger charge is 2.13. The van der Waals surface area contributed by atoms with Gasteiger partial charge in [-0.2, -0.15) is 0 Å². The molecule has 0 bridgehead atoms. The van der Waals surface area contributed by atoms with E-state index in [4.69, 9.17) is 21.4 Å². The van der Waals surface area contributed by atoms with Crippen molar-refractivity contribution in [2.45, 2.75) is 6.42 Å². The topological polar surface area (TPSA) is 58.1 Å². The fourth-order valence-electron chi connectivity index (χ4n) is 1.62. The number of nitrogens with one attached hydrogen (secondary N) is 1. The van der Waals surface area contributed by atoms with E-state index in [1.165, 1.54) is 0 Å². The van der Waals surface area contributed by atoms with Crippen LogP contribution in [0.2, 0.25) is 5.02 Å². The van der Waals surface area contributed by atoms with Gasteiger partial charge in [-0.05, 0) is 34.1 Å². The van der Waals surface area contributed by atoms with E-state index < -0.39 is 0 Å². The predicted molar refractivity (Wildman–Crippen MR) is 74.1 cm³/mol. The van der Waals surface area contributed by atoms with E-state index in [0.717, 1.165) is 15.9 Å². The number of methoxy groups -OCH3 is 1. The molecule has 0 saturated heterocycles. The highest BCUT2D eigenvalue weighted by atomic mass is 79.9. The SMILES string of the molecule is COc1ccc(-c2nc(CCO)[nH]c2Br)c(Cl)c1. The van der Waals surface area contributed by atoms with Crippen LogP contribution >= 0.6 is 27.5 Å². The molecule has 4 nitrogen and oxygen atoms in total. The number of rotatable bonds is 4. The molecule has 0 aliphatic rings. The third kappa shape index (κ3) is 2.68. The van der Waals surface area contributed by atoms with Crippen LogP contribution in [0.1, 0.15) is 5.82 Å². The Bertz CT molecular complexity index is 557. The smallest absolute Gasteiger partial charge is 0.120 e. The van der Waals surface area contributed by atoms with E-state index in [1.54, 1.807) is 13.2 Å². The van der Waals surface area contributed by atoms with E-state index in [2.05, 4.69) is 25.9 Å². The number of imidazole rings is 1. The highest BCUT2D eigenvalue weighted by molar-refractivity contribution is 9.10. The van der Waals surface area contributed by atoms with Gasteiger partial charge in [0.2, 0.25) is 0 Å². The number of ether oxygens (including phenoxy) is 1. The summed E-state index contributed by atoms with van der Waals surface area (Å²) in [6, 6.07) is 5.42. The monoisotopic (exact) mass is 330 g/mol. The molecule has 18 heavy (non-hydrogen) atoms. The summed E-state index contributed by atoms with van der Waals surface area (Å²) in [4.78, 5) is 7.45. The van der Waals surface area contributed by atoms with E-state index in [0.29, 0.717) is 23.0 Å². The van der Waals surface area contributed by atoms with Crippen molar-refractivity contribution < 1.29 is 9.84 Å². The van der Waals surface area contributed by atoms with Crippen LogP contribution in [0.5, 0.6) is 5.75 Å². The van der Waals surface area contributed by atoms with Gasteiger partial charge in [-0.3, -0.25) is 0 Å². The minimum absolute atomic E-state index is 0.0513. The van der Waals surface area contributed by atoms with Gasteiger partial charge in [0.25, 0.3) is 0 Å². The van der Waals surface area contributed by atoms with E-state index in [9.17, 15) is 0 Å². The first kappa shape index (κ1) is 13.4. The summed E-state index contributed by atoms with van der Waals surface area (Å²) in [6.07, 6.45) is 0.479. The molecule has 0 amide bonds. The van der Waals surface area contributed by atoms with Crippen LogP contribution in [0.3, 0.4) is 0 Å². The Hall–Kier alpha value is -1.04. The largest absolute Gasteiger partial charge is 0.497 e. The summed E-state index contributed by atoms with van der Waals surface area (Å²) in [5, 5.41) is 9.46. The Kier molecular flexibility index (Phi) is 4.27. The summed E-state index contributed by atoms with van der Waals surface area (Å²) >= 11 is 9.60. The molecule has 2 rings (SSSR count). The van der Waals surface area contributed by atoms with Crippen LogP contribution in [0.4, 0.5) is 0 Å². The van der Waals surface area contributed by atoms with Gasteiger partial charge in [-0.25, -0.2) is 4.98 Å². The molecular formula is C12H12BrClN2O2. The molecule has 96 valence electrons. The molecule has 0 unspecified atom stereocenters. The van der Waals surface area contributed by atoms with Crippen LogP contribution in [0.25, 0.3) is 11.3 Å². The molecule has 1 aromatic carbocycles. The summed E-state index contributed by atoms with van der Waals surface area (Å²) in [6.45, 7) is 0.0513. The molecule has 2 N–H and O–H groups in total. The maximum atomic E-state index is 8.90. The van der Waals surface area contributed by atoms with Crippen molar-refractivity contribution in [2.75, 3.05) is 13.7 Å². The molecule has 0 saturated carbocycles. The quantitative estimate of drug-likeness (QED) is 0.905. The Labute approximate surface area is 118 Å². The molecule has 0 fully saturated rings. The van der Waals surface area contributed by atoms with Gasteiger partial charge in [0.1, 0.15) is 21.9 Å². The van der Waals surface area contributed by atoms with E-state index in [-0.39, 0.29) is 6.61 Å². The normalized spacial score (nSPS) is 10.7. The van der Waals surface area contributed by atoms with Crippen molar-refractivity contribution in [3.05, 3.63) is 33.6 Å². The number of H-pyrrole nitrogens is 1. The number of aromatic nitrogens is 2. The second kappa shape index (κ2) is 5.73. The second-order valence-corrected chi connectivity index (χ2v) is 4.87. The van der Waals surface area contributed by atoms with Crippen molar-refractivity contribution >= 4 is 27.5 Å². The average Bonchev–Trinajstić information content (AvgIpc) is 2.70. The highest BCUT2D eigenvalue weighted by Crippen LogP contribution is 2.34. The maximum Gasteiger partial charge on any atom is 0.120 e. The van der Waals surface area contributed by atoms with Crippen molar-refractivity contribution in [1.29, 1.82) is 0 Å². The summed E-state index contributed by atoms with van der Waals surface area (Å²) < 4.78 is 5.85. The van der Waals surface area contributed by atoms with E-state index >= 15 is 0 Å². The minimum Gasteiger partial charge on any atom is -0.497 e. The van der Waals surface area contributed by atoms with Gasteiger partial charge >= 0.3 is 0 Å². The van der Waals surface area contributed by atoms with Crippen molar-refractivity contribution in [3.63, 3.8) is 0 Å². The molecule has 1 aromatic heterocycles. The fraction of sp³-hybridized carbons (Fsp3) is 0.250. The first-order valence-electron chi connectivity index (χ1n) is 5.35. The van der Waals surface area contributed by atoms with Crippen molar-refractivity contribution in [2.24, 2.45) is 0 Å². The average molecular weight is 332 g/mol. The molecule has 0 atom stereocenters. The number of halogens is 2. The third-order valence-corrected chi connectivity index (χ3v) is 3.38. The van der Waals surface area contributed by atoms with Crippen LogP contribution in [0, 0.1) is 0 Å². The number of nitrogens with zero attached hydrogens (tertiary/aromatic N) is 1. The minimum atomic E-state index is 0.0513. The molecule has 1 heterocycles.